The highest BCUT2D eigenvalue weighted by Crippen LogP contribution is 2.31. The Hall–Kier alpha value is -1.87. The van der Waals surface area contributed by atoms with Gasteiger partial charge in [0.25, 0.3) is 0 Å². The number of thioether (sulfide) groups is 1. The van der Waals surface area contributed by atoms with Gasteiger partial charge in [0.1, 0.15) is 5.25 Å². The first-order chi connectivity index (χ1) is 12.8. The van der Waals surface area contributed by atoms with Gasteiger partial charge in [-0.3, -0.25) is 14.5 Å². The number of nitrogens with one attached hydrogen (secondary N) is 1. The number of carbonyl (C=O) groups is 2. The maximum atomic E-state index is 12.5. The van der Waals surface area contributed by atoms with E-state index in [0.717, 1.165) is 26.1 Å². The van der Waals surface area contributed by atoms with Crippen LogP contribution < -0.4 is 5.32 Å². The fourth-order valence-corrected chi connectivity index (χ4v) is 4.31. The van der Waals surface area contributed by atoms with Crippen molar-refractivity contribution in [2.24, 2.45) is 4.99 Å². The van der Waals surface area contributed by atoms with Crippen molar-refractivity contribution in [1.29, 1.82) is 0 Å². The summed E-state index contributed by atoms with van der Waals surface area (Å²) >= 11 is 3.57. The molecule has 1 aliphatic rings. The van der Waals surface area contributed by atoms with Crippen LogP contribution in [0.1, 0.15) is 17.5 Å². The van der Waals surface area contributed by atoms with Crippen molar-refractivity contribution in [3.63, 3.8) is 0 Å². The highest BCUT2D eigenvalue weighted by Gasteiger charge is 2.37. The van der Waals surface area contributed by atoms with Gasteiger partial charge < -0.3 is 5.32 Å². The van der Waals surface area contributed by atoms with Crippen LogP contribution >= 0.6 is 34.4 Å². The number of carbonyl (C=O) groups excluding carboxylic acids is 2. The smallest absolute Gasteiger partial charge is 0.242 e. The van der Waals surface area contributed by atoms with E-state index in [9.17, 15) is 9.59 Å². The molecule has 140 valence electrons. The molecule has 1 heterocycles. The quantitative estimate of drug-likeness (QED) is 0.639. The Morgan fingerprint density at radius 2 is 1.81 bits per heavy atom. The van der Waals surface area contributed by atoms with Gasteiger partial charge in [-0.1, -0.05) is 30.0 Å². The van der Waals surface area contributed by atoms with Crippen LogP contribution in [0.3, 0.4) is 0 Å². The normalized spacial score (nSPS) is 18.2. The van der Waals surface area contributed by atoms with Crippen molar-refractivity contribution in [3.8, 4) is 0 Å². The number of halogens is 1. The third-order valence-electron chi connectivity index (χ3n) is 4.31. The third kappa shape index (κ3) is 4.70. The van der Waals surface area contributed by atoms with Crippen molar-refractivity contribution >= 4 is 62.7 Å². The number of para-hydroxylation sites is 1. The molecule has 1 atom stereocenters. The van der Waals surface area contributed by atoms with Crippen molar-refractivity contribution < 1.29 is 9.59 Å². The highest BCUT2D eigenvalue weighted by atomic mass is 127. The Balaban J connectivity index is 1.69. The molecular weight excluding hydrogens is 473 g/mol. The lowest BCUT2D eigenvalue weighted by atomic mass is 10.1. The molecule has 1 N–H and O–H groups in total. The number of aliphatic imine (C=N–C) groups is 1. The molecule has 7 heteroatoms. The summed E-state index contributed by atoms with van der Waals surface area (Å²) in [5, 5.41) is 3.11. The van der Waals surface area contributed by atoms with Crippen LogP contribution in [0.5, 0.6) is 0 Å². The monoisotopic (exact) mass is 493 g/mol. The molecule has 1 saturated heterocycles. The predicted molar refractivity (Wildman–Crippen MR) is 120 cm³/mol. The zero-order valence-corrected chi connectivity index (χ0v) is 18.3. The average Bonchev–Trinajstić information content (AvgIpc) is 2.88. The maximum Gasteiger partial charge on any atom is 0.242 e. The van der Waals surface area contributed by atoms with E-state index in [1.807, 2.05) is 56.3 Å². The van der Waals surface area contributed by atoms with E-state index in [1.165, 1.54) is 16.7 Å². The van der Waals surface area contributed by atoms with Crippen molar-refractivity contribution in [2.75, 3.05) is 12.4 Å². The van der Waals surface area contributed by atoms with E-state index in [-0.39, 0.29) is 18.2 Å². The summed E-state index contributed by atoms with van der Waals surface area (Å²) in [4.78, 5) is 31.1. The molecule has 1 fully saturated rings. The molecule has 2 aromatic rings. The fraction of sp³-hybridized carbons (Fsp3) is 0.250. The van der Waals surface area contributed by atoms with E-state index in [0.29, 0.717) is 5.17 Å². The summed E-state index contributed by atoms with van der Waals surface area (Å²) in [6.45, 7) is 3.91. The fourth-order valence-electron chi connectivity index (χ4n) is 2.79. The molecule has 5 nitrogen and oxygen atoms in total. The number of amides is 2. The van der Waals surface area contributed by atoms with Gasteiger partial charge in [-0.25, -0.2) is 4.99 Å². The van der Waals surface area contributed by atoms with Gasteiger partial charge in [-0.15, -0.1) is 0 Å². The van der Waals surface area contributed by atoms with Crippen LogP contribution in [-0.4, -0.2) is 34.2 Å². The zero-order valence-electron chi connectivity index (χ0n) is 15.3. The molecule has 2 amide bonds. The molecule has 1 unspecified atom stereocenters. The predicted octanol–water partition coefficient (Wildman–Crippen LogP) is 4.50. The topological polar surface area (TPSA) is 61.8 Å². The summed E-state index contributed by atoms with van der Waals surface area (Å²) in [6.07, 6.45) is 0.118. The summed E-state index contributed by atoms with van der Waals surface area (Å²) in [5.41, 5.74) is 3.62. The first-order valence-corrected chi connectivity index (χ1v) is 10.5. The van der Waals surface area contributed by atoms with Crippen molar-refractivity contribution in [1.82, 2.24) is 4.90 Å². The molecule has 0 aromatic heterocycles. The number of benzene rings is 2. The molecule has 0 aliphatic carbocycles. The SMILES string of the molecule is Cc1cccc(C)c1NC(=O)CC1SC(=Nc2ccc(I)cc2)N(C)C1=O. The minimum atomic E-state index is -0.457. The van der Waals surface area contributed by atoms with E-state index in [2.05, 4.69) is 32.9 Å². The van der Waals surface area contributed by atoms with Crippen molar-refractivity contribution in [2.45, 2.75) is 25.5 Å². The van der Waals surface area contributed by atoms with Gasteiger partial charge in [0, 0.05) is 22.7 Å². The molecule has 0 spiro atoms. The van der Waals surface area contributed by atoms with Crippen molar-refractivity contribution in [3.05, 3.63) is 57.2 Å². The Morgan fingerprint density at radius 1 is 1.19 bits per heavy atom. The molecule has 27 heavy (non-hydrogen) atoms. The Labute approximate surface area is 176 Å². The number of amidine groups is 1. The number of anilines is 1. The molecule has 0 saturated carbocycles. The summed E-state index contributed by atoms with van der Waals surface area (Å²) in [5.74, 6) is -0.261. The summed E-state index contributed by atoms with van der Waals surface area (Å²) in [6, 6.07) is 13.6. The summed E-state index contributed by atoms with van der Waals surface area (Å²) in [7, 11) is 1.70. The number of hydrogen-bond acceptors (Lipinski definition) is 4. The van der Waals surface area contributed by atoms with Gasteiger partial charge in [-0.2, -0.15) is 0 Å². The molecule has 0 bridgehead atoms. The van der Waals surface area contributed by atoms with Gasteiger partial charge in [0.05, 0.1) is 5.69 Å². The molecule has 0 radical (unpaired) electrons. The lowest BCUT2D eigenvalue weighted by Crippen LogP contribution is -2.30. The zero-order chi connectivity index (χ0) is 19.6. The van der Waals surface area contributed by atoms with Crippen LogP contribution in [0.25, 0.3) is 0 Å². The lowest BCUT2D eigenvalue weighted by Gasteiger charge is -2.12. The molecular formula is C20H20IN3O2S. The van der Waals surface area contributed by atoms with Gasteiger partial charge in [-0.05, 0) is 71.8 Å². The second kappa shape index (κ2) is 8.43. The van der Waals surface area contributed by atoms with E-state index in [1.54, 1.807) is 7.05 Å². The van der Waals surface area contributed by atoms with Crippen LogP contribution in [0.2, 0.25) is 0 Å². The number of aryl methyl sites for hydroxylation is 2. The Kier molecular flexibility index (Phi) is 6.21. The van der Waals surface area contributed by atoms with Crippen LogP contribution in [0, 0.1) is 17.4 Å². The highest BCUT2D eigenvalue weighted by molar-refractivity contribution is 14.1. The van der Waals surface area contributed by atoms with Crippen LogP contribution in [-0.2, 0) is 9.59 Å². The number of hydrogen-bond donors (Lipinski definition) is 1. The average molecular weight is 493 g/mol. The van der Waals surface area contributed by atoms with E-state index < -0.39 is 5.25 Å². The first-order valence-electron chi connectivity index (χ1n) is 8.49. The Morgan fingerprint density at radius 3 is 2.44 bits per heavy atom. The minimum Gasteiger partial charge on any atom is -0.326 e. The number of nitrogens with zero attached hydrogens (tertiary/aromatic N) is 2. The molecule has 2 aromatic carbocycles. The van der Waals surface area contributed by atoms with Gasteiger partial charge >= 0.3 is 0 Å². The standard InChI is InChI=1S/C20H20IN3O2S/c1-12-5-4-6-13(2)18(12)23-17(25)11-16-19(26)24(3)20(27-16)22-15-9-7-14(21)8-10-15/h4-10,16H,11H2,1-3H3,(H,23,25). The third-order valence-corrected chi connectivity index (χ3v) is 6.26. The molecule has 1 aliphatic heterocycles. The minimum absolute atomic E-state index is 0.0964. The van der Waals surface area contributed by atoms with E-state index >= 15 is 0 Å². The second-order valence-corrected chi connectivity index (χ2v) is 8.81. The van der Waals surface area contributed by atoms with Gasteiger partial charge in [0.2, 0.25) is 11.8 Å². The second-order valence-electron chi connectivity index (χ2n) is 6.39. The van der Waals surface area contributed by atoms with E-state index in [4.69, 9.17) is 0 Å². The van der Waals surface area contributed by atoms with Gasteiger partial charge in [0.15, 0.2) is 5.17 Å². The molecule has 3 rings (SSSR count). The van der Waals surface area contributed by atoms with Crippen LogP contribution in [0.4, 0.5) is 11.4 Å². The first kappa shape index (κ1) is 19.9. The summed E-state index contributed by atoms with van der Waals surface area (Å²) < 4.78 is 1.13. The van der Waals surface area contributed by atoms with Crippen LogP contribution in [0.15, 0.2) is 47.5 Å². The maximum absolute atomic E-state index is 12.5. The lowest BCUT2D eigenvalue weighted by molar-refractivity contribution is -0.127. The Bertz CT molecular complexity index is 892. The largest absolute Gasteiger partial charge is 0.326 e. The number of rotatable bonds is 4.